The Morgan fingerprint density at radius 3 is 2.71 bits per heavy atom. The zero-order chi connectivity index (χ0) is 24.0. The summed E-state index contributed by atoms with van der Waals surface area (Å²) in [5.41, 5.74) is 1.95. The van der Waals surface area contributed by atoms with Crippen LogP contribution in [0.5, 0.6) is 5.75 Å². The van der Waals surface area contributed by atoms with Crippen molar-refractivity contribution >= 4 is 40.1 Å². The molecule has 2 aliphatic rings. The summed E-state index contributed by atoms with van der Waals surface area (Å²) in [7, 11) is 1.69. The van der Waals surface area contributed by atoms with Gasteiger partial charge in [-0.15, -0.1) is 0 Å². The van der Waals surface area contributed by atoms with Crippen LogP contribution in [0.1, 0.15) is 12.8 Å². The number of nitrogens with zero attached hydrogens (tertiary/aromatic N) is 4. The van der Waals surface area contributed by atoms with Gasteiger partial charge in [0.15, 0.2) is 5.16 Å². The minimum Gasteiger partial charge on any atom is -0.495 e. The Bertz CT molecular complexity index is 1160. The van der Waals surface area contributed by atoms with Crippen LogP contribution >= 0.6 is 11.8 Å². The molecule has 1 atom stereocenters. The molecule has 3 heterocycles. The van der Waals surface area contributed by atoms with Gasteiger partial charge in [0.1, 0.15) is 11.6 Å². The van der Waals surface area contributed by atoms with E-state index in [1.807, 2.05) is 47.4 Å². The summed E-state index contributed by atoms with van der Waals surface area (Å²) in [5.74, 6) is 2.09. The fourth-order valence-corrected chi connectivity index (χ4v) is 5.33. The maximum atomic E-state index is 13.0. The molecular weight excluding hydrogens is 462 g/mol. The smallest absolute Gasteiger partial charge is 0.233 e. The lowest BCUT2D eigenvalue weighted by Gasteiger charge is -2.36. The molecule has 35 heavy (non-hydrogen) atoms. The predicted octanol–water partition coefficient (Wildman–Crippen LogP) is 3.67. The summed E-state index contributed by atoms with van der Waals surface area (Å²) in [6.45, 7) is 4.48. The van der Waals surface area contributed by atoms with Gasteiger partial charge in [-0.05, 0) is 37.1 Å². The Balaban J connectivity index is 1.19. The standard InChI is InChI=1S/C26H31N5O3S/c1-33-23-11-5-4-10-22(23)30-12-14-31(15-13-30)24(32)18-35-26-28-21-9-3-2-8-20(21)25(29-26)27-17-19-7-6-16-34-19/h2-5,8-11,19H,6-7,12-18H2,1H3,(H,27,28,29). The summed E-state index contributed by atoms with van der Waals surface area (Å²) in [5, 5.41) is 5.04. The minimum absolute atomic E-state index is 0.111. The van der Waals surface area contributed by atoms with Crippen molar-refractivity contribution in [2.75, 3.05) is 62.4 Å². The van der Waals surface area contributed by atoms with Crippen LogP contribution in [0.25, 0.3) is 10.9 Å². The number of anilines is 2. The van der Waals surface area contributed by atoms with Gasteiger partial charge in [-0.1, -0.05) is 36.0 Å². The van der Waals surface area contributed by atoms with Gasteiger partial charge in [0.25, 0.3) is 0 Å². The van der Waals surface area contributed by atoms with E-state index in [1.165, 1.54) is 11.8 Å². The van der Waals surface area contributed by atoms with Crippen LogP contribution in [0.2, 0.25) is 0 Å². The van der Waals surface area contributed by atoms with Gasteiger partial charge in [-0.25, -0.2) is 9.97 Å². The second kappa shape index (κ2) is 11.1. The maximum absolute atomic E-state index is 13.0. The first kappa shape index (κ1) is 23.7. The molecule has 0 radical (unpaired) electrons. The van der Waals surface area contributed by atoms with E-state index in [-0.39, 0.29) is 12.0 Å². The molecule has 2 saturated heterocycles. The number of rotatable bonds is 8. The third-order valence-corrected chi connectivity index (χ3v) is 7.32. The van der Waals surface area contributed by atoms with Gasteiger partial charge in [0.2, 0.25) is 5.91 Å². The van der Waals surface area contributed by atoms with Crippen molar-refractivity contribution in [3.63, 3.8) is 0 Å². The topological polar surface area (TPSA) is 79.8 Å². The largest absolute Gasteiger partial charge is 0.495 e. The third-order valence-electron chi connectivity index (χ3n) is 6.49. The Morgan fingerprint density at radius 1 is 1.11 bits per heavy atom. The molecule has 2 aliphatic heterocycles. The quantitative estimate of drug-likeness (QED) is 0.376. The fraction of sp³-hybridized carbons (Fsp3) is 0.423. The molecule has 8 nitrogen and oxygen atoms in total. The van der Waals surface area contributed by atoms with Crippen LogP contribution in [-0.4, -0.2) is 79.1 Å². The number of hydrogen-bond donors (Lipinski definition) is 1. The summed E-state index contributed by atoms with van der Waals surface area (Å²) in [6, 6.07) is 16.0. The Kier molecular flexibility index (Phi) is 7.54. The van der Waals surface area contributed by atoms with Crippen molar-refractivity contribution in [2.24, 2.45) is 0 Å². The Hall–Kier alpha value is -3.04. The first-order valence-corrected chi connectivity index (χ1v) is 13.1. The number of amides is 1. The van der Waals surface area contributed by atoms with Crippen molar-refractivity contribution < 1.29 is 14.3 Å². The molecular formula is C26H31N5O3S. The zero-order valence-electron chi connectivity index (χ0n) is 20.0. The first-order valence-electron chi connectivity index (χ1n) is 12.1. The van der Waals surface area contributed by atoms with E-state index in [0.717, 1.165) is 67.2 Å². The second-order valence-corrected chi connectivity index (χ2v) is 9.66. The van der Waals surface area contributed by atoms with Crippen molar-refractivity contribution in [3.05, 3.63) is 48.5 Å². The number of aromatic nitrogens is 2. The number of thioether (sulfide) groups is 1. The van der Waals surface area contributed by atoms with Gasteiger partial charge < -0.3 is 24.6 Å². The molecule has 184 valence electrons. The molecule has 2 fully saturated rings. The van der Waals surface area contributed by atoms with Gasteiger partial charge in [0, 0.05) is 44.7 Å². The van der Waals surface area contributed by atoms with E-state index in [4.69, 9.17) is 19.4 Å². The van der Waals surface area contributed by atoms with Crippen molar-refractivity contribution in [3.8, 4) is 5.75 Å². The number of methoxy groups -OCH3 is 1. The highest BCUT2D eigenvalue weighted by atomic mass is 32.2. The lowest BCUT2D eigenvalue weighted by molar-refractivity contribution is -0.128. The molecule has 3 aromatic rings. The molecule has 2 aromatic carbocycles. The summed E-state index contributed by atoms with van der Waals surface area (Å²) < 4.78 is 11.2. The maximum Gasteiger partial charge on any atom is 0.233 e. The Morgan fingerprint density at radius 2 is 1.91 bits per heavy atom. The van der Waals surface area contributed by atoms with E-state index < -0.39 is 0 Å². The van der Waals surface area contributed by atoms with Gasteiger partial charge >= 0.3 is 0 Å². The van der Waals surface area contributed by atoms with Crippen LogP contribution in [0.4, 0.5) is 11.5 Å². The number of ether oxygens (including phenoxy) is 2. The van der Waals surface area contributed by atoms with Crippen LogP contribution in [0, 0.1) is 0 Å². The second-order valence-electron chi connectivity index (χ2n) is 8.72. The van der Waals surface area contributed by atoms with E-state index in [0.29, 0.717) is 24.0 Å². The fourth-order valence-electron chi connectivity index (χ4n) is 4.58. The number of piperazine rings is 1. The highest BCUT2D eigenvalue weighted by Gasteiger charge is 2.23. The molecule has 0 spiro atoms. The third kappa shape index (κ3) is 5.62. The molecule has 5 rings (SSSR count). The lowest BCUT2D eigenvalue weighted by Crippen LogP contribution is -2.49. The number of nitrogens with one attached hydrogen (secondary N) is 1. The molecule has 9 heteroatoms. The average molecular weight is 494 g/mol. The molecule has 1 unspecified atom stereocenters. The molecule has 0 saturated carbocycles. The van der Waals surface area contributed by atoms with Crippen LogP contribution in [0.3, 0.4) is 0 Å². The number of carbonyl (C=O) groups is 1. The monoisotopic (exact) mass is 493 g/mol. The number of carbonyl (C=O) groups excluding carboxylic acids is 1. The van der Waals surface area contributed by atoms with E-state index in [1.54, 1.807) is 7.11 Å². The lowest BCUT2D eigenvalue weighted by atomic mass is 10.2. The van der Waals surface area contributed by atoms with Crippen LogP contribution in [-0.2, 0) is 9.53 Å². The van der Waals surface area contributed by atoms with E-state index in [9.17, 15) is 4.79 Å². The average Bonchev–Trinajstić information content (AvgIpc) is 3.44. The van der Waals surface area contributed by atoms with Crippen LogP contribution < -0.4 is 15.0 Å². The van der Waals surface area contributed by atoms with Crippen molar-refractivity contribution in [1.29, 1.82) is 0 Å². The summed E-state index contributed by atoms with van der Waals surface area (Å²) in [6.07, 6.45) is 2.39. The summed E-state index contributed by atoms with van der Waals surface area (Å²) >= 11 is 1.39. The Labute approximate surface area is 210 Å². The van der Waals surface area contributed by atoms with E-state index in [2.05, 4.69) is 16.3 Å². The molecule has 1 aromatic heterocycles. The first-order chi connectivity index (χ1) is 17.2. The molecule has 1 N–H and O–H groups in total. The van der Waals surface area contributed by atoms with Crippen molar-refractivity contribution in [2.45, 2.75) is 24.1 Å². The highest BCUT2D eigenvalue weighted by molar-refractivity contribution is 7.99. The molecule has 1 amide bonds. The van der Waals surface area contributed by atoms with Gasteiger partial charge in [0.05, 0.1) is 30.2 Å². The predicted molar refractivity (Wildman–Crippen MR) is 140 cm³/mol. The van der Waals surface area contributed by atoms with Crippen LogP contribution in [0.15, 0.2) is 53.7 Å². The number of benzene rings is 2. The minimum atomic E-state index is 0.111. The van der Waals surface area contributed by atoms with Gasteiger partial charge in [-0.2, -0.15) is 0 Å². The van der Waals surface area contributed by atoms with Crippen molar-refractivity contribution in [1.82, 2.24) is 14.9 Å². The SMILES string of the molecule is COc1ccccc1N1CCN(C(=O)CSc2nc(NCC3CCCO3)c3ccccc3n2)CC1. The number of fused-ring (bicyclic) bond motifs is 1. The number of hydrogen-bond acceptors (Lipinski definition) is 8. The number of para-hydroxylation sites is 3. The highest BCUT2D eigenvalue weighted by Crippen LogP contribution is 2.29. The van der Waals surface area contributed by atoms with Gasteiger partial charge in [-0.3, -0.25) is 4.79 Å². The normalized spacial score (nSPS) is 18.1. The molecule has 0 bridgehead atoms. The zero-order valence-corrected chi connectivity index (χ0v) is 20.8. The summed E-state index contributed by atoms with van der Waals surface area (Å²) in [4.78, 5) is 26.6. The van der Waals surface area contributed by atoms with E-state index >= 15 is 0 Å². The molecule has 0 aliphatic carbocycles.